The van der Waals surface area contributed by atoms with Crippen molar-refractivity contribution >= 4 is 27.5 Å². The van der Waals surface area contributed by atoms with E-state index in [9.17, 15) is 9.18 Å². The van der Waals surface area contributed by atoms with E-state index in [2.05, 4.69) is 21.2 Å². The van der Waals surface area contributed by atoms with Crippen LogP contribution in [0.2, 0.25) is 0 Å². The van der Waals surface area contributed by atoms with Crippen molar-refractivity contribution in [3.63, 3.8) is 0 Å². The zero-order chi connectivity index (χ0) is 13.0. The third-order valence-electron chi connectivity index (χ3n) is 3.46. The van der Waals surface area contributed by atoms with Gasteiger partial charge in [0.15, 0.2) is 0 Å². The molecule has 0 bridgehead atoms. The van der Waals surface area contributed by atoms with Crippen LogP contribution >= 0.6 is 15.9 Å². The zero-order valence-electron chi connectivity index (χ0n) is 10.2. The van der Waals surface area contributed by atoms with E-state index >= 15 is 0 Å². The van der Waals surface area contributed by atoms with Crippen molar-refractivity contribution in [1.82, 2.24) is 0 Å². The van der Waals surface area contributed by atoms with Gasteiger partial charge in [0.1, 0.15) is 5.82 Å². The van der Waals surface area contributed by atoms with Gasteiger partial charge in [0.25, 0.3) is 0 Å². The molecule has 2 rings (SSSR count). The molecule has 1 aliphatic carbocycles. The van der Waals surface area contributed by atoms with Crippen LogP contribution in [0.25, 0.3) is 0 Å². The number of hydrogen-bond donors (Lipinski definition) is 1. The van der Waals surface area contributed by atoms with Crippen LogP contribution < -0.4 is 5.32 Å². The molecule has 1 aromatic carbocycles. The smallest absolute Gasteiger partial charge is 0.224 e. The van der Waals surface area contributed by atoms with E-state index in [0.29, 0.717) is 22.5 Å². The maximum atomic E-state index is 12.9. The maximum Gasteiger partial charge on any atom is 0.224 e. The molecule has 0 unspecified atom stereocenters. The summed E-state index contributed by atoms with van der Waals surface area (Å²) in [5.74, 6) is 0.410. The Kier molecular flexibility index (Phi) is 4.75. The lowest BCUT2D eigenvalue weighted by atomic mass is 10.0. The molecule has 0 spiro atoms. The van der Waals surface area contributed by atoms with Gasteiger partial charge in [0, 0.05) is 10.9 Å². The second kappa shape index (κ2) is 6.32. The number of carbonyl (C=O) groups is 1. The minimum Gasteiger partial charge on any atom is -0.325 e. The van der Waals surface area contributed by atoms with E-state index in [-0.39, 0.29) is 11.7 Å². The summed E-state index contributed by atoms with van der Waals surface area (Å²) < 4.78 is 13.5. The van der Waals surface area contributed by atoms with Gasteiger partial charge in [-0.1, -0.05) is 25.7 Å². The fraction of sp³-hybridized carbons (Fsp3) is 0.500. The molecule has 18 heavy (non-hydrogen) atoms. The molecule has 0 heterocycles. The Morgan fingerprint density at radius 3 is 2.78 bits per heavy atom. The van der Waals surface area contributed by atoms with E-state index in [1.807, 2.05) is 0 Å². The van der Waals surface area contributed by atoms with Gasteiger partial charge in [0.05, 0.1) is 5.69 Å². The lowest BCUT2D eigenvalue weighted by Gasteiger charge is -2.10. The van der Waals surface area contributed by atoms with Crippen LogP contribution in [0.1, 0.15) is 38.5 Å². The number of hydrogen-bond acceptors (Lipinski definition) is 1. The van der Waals surface area contributed by atoms with E-state index in [1.165, 1.54) is 37.8 Å². The highest BCUT2D eigenvalue weighted by molar-refractivity contribution is 9.10. The molecule has 1 aromatic rings. The van der Waals surface area contributed by atoms with Gasteiger partial charge in [-0.2, -0.15) is 0 Å². The largest absolute Gasteiger partial charge is 0.325 e. The number of rotatable bonds is 4. The van der Waals surface area contributed by atoms with E-state index in [0.717, 1.165) is 6.42 Å². The van der Waals surface area contributed by atoms with E-state index in [4.69, 9.17) is 0 Å². The molecule has 0 radical (unpaired) electrons. The summed E-state index contributed by atoms with van der Waals surface area (Å²) in [7, 11) is 0. The van der Waals surface area contributed by atoms with E-state index < -0.39 is 0 Å². The van der Waals surface area contributed by atoms with Crippen molar-refractivity contribution < 1.29 is 9.18 Å². The molecule has 1 aliphatic rings. The SMILES string of the molecule is O=C(CCC1CCCC1)Nc1ccc(F)cc1Br. The minimum absolute atomic E-state index is 0.00853. The summed E-state index contributed by atoms with van der Waals surface area (Å²) in [6.07, 6.45) is 6.63. The predicted octanol–water partition coefficient (Wildman–Crippen LogP) is 4.50. The third-order valence-corrected chi connectivity index (χ3v) is 4.12. The lowest BCUT2D eigenvalue weighted by Crippen LogP contribution is -2.13. The molecule has 2 nitrogen and oxygen atoms in total. The van der Waals surface area contributed by atoms with Crippen LogP contribution in [0.4, 0.5) is 10.1 Å². The zero-order valence-corrected chi connectivity index (χ0v) is 11.8. The van der Waals surface area contributed by atoms with Crippen molar-refractivity contribution in [2.24, 2.45) is 5.92 Å². The summed E-state index contributed by atoms with van der Waals surface area (Å²) in [6.45, 7) is 0. The van der Waals surface area contributed by atoms with Gasteiger partial charge in [0.2, 0.25) is 5.91 Å². The monoisotopic (exact) mass is 313 g/mol. The molecule has 0 saturated heterocycles. The number of amides is 1. The number of benzene rings is 1. The fourth-order valence-electron chi connectivity index (χ4n) is 2.44. The van der Waals surface area contributed by atoms with Crippen LogP contribution in [0.15, 0.2) is 22.7 Å². The number of halogens is 2. The Balaban J connectivity index is 1.82. The average molecular weight is 314 g/mol. The Hall–Kier alpha value is -0.900. The third kappa shape index (κ3) is 3.80. The van der Waals surface area contributed by atoms with Crippen LogP contribution in [0, 0.1) is 11.7 Å². The Morgan fingerprint density at radius 2 is 2.11 bits per heavy atom. The van der Waals surface area contributed by atoms with Crippen molar-refractivity contribution in [1.29, 1.82) is 0 Å². The summed E-state index contributed by atoms with van der Waals surface area (Å²) in [6, 6.07) is 4.27. The van der Waals surface area contributed by atoms with Gasteiger partial charge in [-0.15, -0.1) is 0 Å². The van der Waals surface area contributed by atoms with Crippen molar-refractivity contribution in [2.75, 3.05) is 5.32 Å². The topological polar surface area (TPSA) is 29.1 Å². The first kappa shape index (κ1) is 13.5. The maximum absolute atomic E-state index is 12.9. The summed E-state index contributed by atoms with van der Waals surface area (Å²) in [4.78, 5) is 11.8. The number of anilines is 1. The Labute approximate surface area is 115 Å². The van der Waals surface area contributed by atoms with Gasteiger partial charge >= 0.3 is 0 Å². The molecule has 0 aromatic heterocycles. The van der Waals surface area contributed by atoms with Gasteiger partial charge < -0.3 is 5.32 Å². The van der Waals surface area contributed by atoms with Crippen LogP contribution in [-0.4, -0.2) is 5.91 Å². The number of nitrogens with one attached hydrogen (secondary N) is 1. The first-order valence-electron chi connectivity index (χ1n) is 6.40. The molecule has 1 amide bonds. The highest BCUT2D eigenvalue weighted by Gasteiger charge is 2.16. The fourth-order valence-corrected chi connectivity index (χ4v) is 2.89. The number of carbonyl (C=O) groups excluding carboxylic acids is 1. The Bertz CT molecular complexity index is 430. The molecular formula is C14H17BrFNO. The lowest BCUT2D eigenvalue weighted by molar-refractivity contribution is -0.116. The van der Waals surface area contributed by atoms with E-state index in [1.54, 1.807) is 6.07 Å². The van der Waals surface area contributed by atoms with Crippen molar-refractivity contribution in [2.45, 2.75) is 38.5 Å². The first-order valence-corrected chi connectivity index (χ1v) is 7.19. The second-order valence-corrected chi connectivity index (χ2v) is 5.72. The van der Waals surface area contributed by atoms with Gasteiger partial charge in [-0.05, 0) is 46.5 Å². The molecule has 1 fully saturated rings. The van der Waals surface area contributed by atoms with Gasteiger partial charge in [-0.25, -0.2) is 4.39 Å². The van der Waals surface area contributed by atoms with Gasteiger partial charge in [-0.3, -0.25) is 4.79 Å². The molecule has 98 valence electrons. The molecule has 0 aliphatic heterocycles. The molecule has 4 heteroatoms. The summed E-state index contributed by atoms with van der Waals surface area (Å²) in [5, 5.41) is 2.81. The van der Waals surface area contributed by atoms with Crippen LogP contribution in [0.3, 0.4) is 0 Å². The summed E-state index contributed by atoms with van der Waals surface area (Å²) >= 11 is 3.24. The molecular weight excluding hydrogens is 297 g/mol. The second-order valence-electron chi connectivity index (χ2n) is 4.86. The minimum atomic E-state index is -0.314. The molecule has 1 saturated carbocycles. The first-order chi connectivity index (χ1) is 8.65. The van der Waals surface area contributed by atoms with Crippen molar-refractivity contribution in [3.8, 4) is 0 Å². The van der Waals surface area contributed by atoms with Crippen LogP contribution in [-0.2, 0) is 4.79 Å². The Morgan fingerprint density at radius 1 is 1.39 bits per heavy atom. The van der Waals surface area contributed by atoms with Crippen molar-refractivity contribution in [3.05, 3.63) is 28.5 Å². The quantitative estimate of drug-likeness (QED) is 0.871. The molecule has 1 N–H and O–H groups in total. The highest BCUT2D eigenvalue weighted by atomic mass is 79.9. The average Bonchev–Trinajstić information content (AvgIpc) is 2.83. The molecule has 0 atom stereocenters. The normalized spacial score (nSPS) is 15.9. The van der Waals surface area contributed by atoms with Crippen LogP contribution in [0.5, 0.6) is 0 Å². The highest BCUT2D eigenvalue weighted by Crippen LogP contribution is 2.29. The summed E-state index contributed by atoms with van der Waals surface area (Å²) in [5.41, 5.74) is 0.632. The predicted molar refractivity (Wildman–Crippen MR) is 73.9 cm³/mol. The standard InChI is InChI=1S/C14H17BrFNO/c15-12-9-11(16)6-7-13(12)17-14(18)8-5-10-3-1-2-4-10/h6-7,9-10H,1-5,8H2,(H,17,18).